The first-order valence-corrected chi connectivity index (χ1v) is 13.1. The molecular formula is C26H30ClN3O4S. The van der Waals surface area contributed by atoms with E-state index in [1.54, 1.807) is 36.4 Å². The van der Waals surface area contributed by atoms with Crippen LogP contribution in [0.1, 0.15) is 19.4 Å². The fourth-order valence-electron chi connectivity index (χ4n) is 3.60. The summed E-state index contributed by atoms with van der Waals surface area (Å²) in [5.41, 5.74) is 2.37. The molecule has 0 aliphatic carbocycles. The van der Waals surface area contributed by atoms with Crippen LogP contribution >= 0.6 is 11.6 Å². The SMILES string of the molecule is CCN(CC)c1ccc(CNC(=O)CN(c2ccc(Cl)cc2)S(=O)(=O)c2ccc(OC)cc2)cc1. The lowest BCUT2D eigenvalue weighted by Gasteiger charge is -2.24. The number of ether oxygens (including phenoxy) is 1. The van der Waals surface area contributed by atoms with Crippen molar-refractivity contribution in [3.63, 3.8) is 0 Å². The highest BCUT2D eigenvalue weighted by Crippen LogP contribution is 2.26. The van der Waals surface area contributed by atoms with E-state index in [9.17, 15) is 13.2 Å². The summed E-state index contributed by atoms with van der Waals surface area (Å²) in [6.45, 7) is 5.93. The van der Waals surface area contributed by atoms with E-state index < -0.39 is 15.9 Å². The quantitative estimate of drug-likeness (QED) is 0.400. The summed E-state index contributed by atoms with van der Waals surface area (Å²) in [5.74, 6) is 0.108. The molecule has 3 aromatic rings. The first kappa shape index (κ1) is 26.4. The molecule has 3 rings (SSSR count). The lowest BCUT2D eigenvalue weighted by molar-refractivity contribution is -0.119. The van der Waals surface area contributed by atoms with E-state index in [-0.39, 0.29) is 18.0 Å². The number of rotatable bonds is 11. The second kappa shape index (κ2) is 12.0. The molecule has 0 aromatic heterocycles. The lowest BCUT2D eigenvalue weighted by atomic mass is 10.2. The van der Waals surface area contributed by atoms with Gasteiger partial charge in [0.2, 0.25) is 5.91 Å². The Labute approximate surface area is 212 Å². The highest BCUT2D eigenvalue weighted by atomic mass is 35.5. The largest absolute Gasteiger partial charge is 0.497 e. The number of sulfonamides is 1. The number of hydrogen-bond acceptors (Lipinski definition) is 5. The van der Waals surface area contributed by atoms with Gasteiger partial charge in [0.25, 0.3) is 10.0 Å². The lowest BCUT2D eigenvalue weighted by Crippen LogP contribution is -2.40. The van der Waals surface area contributed by atoms with Crippen LogP contribution in [-0.4, -0.2) is 41.1 Å². The molecule has 1 amide bonds. The van der Waals surface area contributed by atoms with Crippen molar-refractivity contribution in [1.82, 2.24) is 5.32 Å². The van der Waals surface area contributed by atoms with Gasteiger partial charge in [0.15, 0.2) is 0 Å². The predicted octanol–water partition coefficient (Wildman–Crippen LogP) is 4.71. The minimum Gasteiger partial charge on any atom is -0.497 e. The van der Waals surface area contributed by atoms with Gasteiger partial charge in [-0.25, -0.2) is 8.42 Å². The third-order valence-corrected chi connectivity index (χ3v) is 7.64. The summed E-state index contributed by atoms with van der Waals surface area (Å²) in [5, 5.41) is 3.29. The first-order valence-electron chi connectivity index (χ1n) is 11.3. The third-order valence-electron chi connectivity index (χ3n) is 5.60. The fourth-order valence-corrected chi connectivity index (χ4v) is 5.14. The molecule has 0 radical (unpaired) electrons. The number of benzene rings is 3. The minimum absolute atomic E-state index is 0.0491. The minimum atomic E-state index is -4.02. The molecule has 9 heteroatoms. The van der Waals surface area contributed by atoms with Crippen LogP contribution in [0.2, 0.25) is 5.02 Å². The third kappa shape index (κ3) is 6.68. The van der Waals surface area contributed by atoms with Gasteiger partial charge >= 0.3 is 0 Å². The molecule has 7 nitrogen and oxygen atoms in total. The average Bonchev–Trinajstić information content (AvgIpc) is 2.88. The molecule has 0 saturated heterocycles. The molecule has 1 N–H and O–H groups in total. The topological polar surface area (TPSA) is 79.0 Å². The summed E-state index contributed by atoms with van der Waals surface area (Å²) < 4.78 is 33.1. The van der Waals surface area contributed by atoms with Gasteiger partial charge in [-0.3, -0.25) is 9.10 Å². The zero-order chi connectivity index (χ0) is 25.4. The Morgan fingerprint density at radius 3 is 2.00 bits per heavy atom. The summed E-state index contributed by atoms with van der Waals surface area (Å²) in [6, 6.07) is 20.3. The molecule has 186 valence electrons. The van der Waals surface area contributed by atoms with Crippen LogP contribution in [0.4, 0.5) is 11.4 Å². The smallest absolute Gasteiger partial charge is 0.264 e. The molecular weight excluding hydrogens is 486 g/mol. The molecule has 0 spiro atoms. The summed E-state index contributed by atoms with van der Waals surface area (Å²) in [7, 11) is -2.52. The maximum absolute atomic E-state index is 13.5. The molecule has 0 fully saturated rings. The van der Waals surface area contributed by atoms with Gasteiger partial charge in [0.05, 0.1) is 17.7 Å². The van der Waals surface area contributed by atoms with Crippen molar-refractivity contribution in [1.29, 1.82) is 0 Å². The number of anilines is 2. The van der Waals surface area contributed by atoms with Gasteiger partial charge in [-0.2, -0.15) is 0 Å². The van der Waals surface area contributed by atoms with Crippen molar-refractivity contribution in [2.24, 2.45) is 0 Å². The van der Waals surface area contributed by atoms with Crippen LogP contribution in [-0.2, 0) is 21.4 Å². The van der Waals surface area contributed by atoms with Crippen molar-refractivity contribution in [2.75, 3.05) is 35.9 Å². The molecule has 0 aliphatic heterocycles. The highest BCUT2D eigenvalue weighted by Gasteiger charge is 2.27. The number of nitrogens with one attached hydrogen (secondary N) is 1. The van der Waals surface area contributed by atoms with E-state index in [0.717, 1.165) is 28.6 Å². The van der Waals surface area contributed by atoms with Crippen molar-refractivity contribution in [3.05, 3.63) is 83.4 Å². The Morgan fingerprint density at radius 2 is 1.46 bits per heavy atom. The molecule has 3 aromatic carbocycles. The monoisotopic (exact) mass is 515 g/mol. The van der Waals surface area contributed by atoms with E-state index in [1.165, 1.54) is 19.2 Å². The van der Waals surface area contributed by atoms with Crippen LogP contribution in [0.25, 0.3) is 0 Å². The Kier molecular flexibility index (Phi) is 9.01. The van der Waals surface area contributed by atoms with E-state index in [2.05, 4.69) is 24.1 Å². The maximum atomic E-state index is 13.5. The Balaban J connectivity index is 1.77. The molecule has 0 saturated carbocycles. The highest BCUT2D eigenvalue weighted by molar-refractivity contribution is 7.92. The number of carbonyl (C=O) groups excluding carboxylic acids is 1. The first-order chi connectivity index (χ1) is 16.8. The van der Waals surface area contributed by atoms with Crippen molar-refractivity contribution >= 4 is 38.9 Å². The van der Waals surface area contributed by atoms with Crippen LogP contribution < -0.4 is 19.3 Å². The molecule has 0 unspecified atom stereocenters. The number of nitrogens with zero attached hydrogens (tertiary/aromatic N) is 2. The Hall–Kier alpha value is -3.23. The molecule has 0 aliphatic rings. The zero-order valence-corrected chi connectivity index (χ0v) is 21.6. The van der Waals surface area contributed by atoms with Crippen molar-refractivity contribution in [3.8, 4) is 5.75 Å². The van der Waals surface area contributed by atoms with E-state index in [0.29, 0.717) is 16.5 Å². The summed E-state index contributed by atoms with van der Waals surface area (Å²) in [4.78, 5) is 15.1. The molecule has 35 heavy (non-hydrogen) atoms. The second-order valence-electron chi connectivity index (χ2n) is 7.78. The van der Waals surface area contributed by atoms with Gasteiger partial charge in [0, 0.05) is 30.3 Å². The molecule has 0 heterocycles. The van der Waals surface area contributed by atoms with E-state index >= 15 is 0 Å². The Morgan fingerprint density at radius 1 is 0.886 bits per heavy atom. The van der Waals surface area contributed by atoms with Crippen LogP contribution in [0.3, 0.4) is 0 Å². The van der Waals surface area contributed by atoms with Gasteiger partial charge < -0.3 is 15.0 Å². The number of methoxy groups -OCH3 is 1. The summed E-state index contributed by atoms with van der Waals surface area (Å²) >= 11 is 5.99. The normalized spacial score (nSPS) is 11.1. The summed E-state index contributed by atoms with van der Waals surface area (Å²) in [6.07, 6.45) is 0. The van der Waals surface area contributed by atoms with Crippen LogP contribution in [0.5, 0.6) is 5.75 Å². The predicted molar refractivity (Wildman–Crippen MR) is 141 cm³/mol. The average molecular weight is 516 g/mol. The number of halogens is 1. The molecule has 0 bridgehead atoms. The van der Waals surface area contributed by atoms with E-state index in [4.69, 9.17) is 16.3 Å². The number of amides is 1. The zero-order valence-electron chi connectivity index (χ0n) is 20.1. The fraction of sp³-hybridized carbons (Fsp3) is 0.269. The van der Waals surface area contributed by atoms with Gasteiger partial charge in [-0.15, -0.1) is 0 Å². The van der Waals surface area contributed by atoms with Gasteiger partial charge in [0.1, 0.15) is 12.3 Å². The van der Waals surface area contributed by atoms with Crippen molar-refractivity contribution < 1.29 is 17.9 Å². The van der Waals surface area contributed by atoms with Crippen LogP contribution in [0, 0.1) is 0 Å². The number of hydrogen-bond donors (Lipinski definition) is 1. The second-order valence-corrected chi connectivity index (χ2v) is 10.1. The van der Waals surface area contributed by atoms with Crippen molar-refractivity contribution in [2.45, 2.75) is 25.3 Å². The van der Waals surface area contributed by atoms with Gasteiger partial charge in [-0.05, 0) is 80.1 Å². The van der Waals surface area contributed by atoms with Crippen LogP contribution in [0.15, 0.2) is 77.7 Å². The molecule has 0 atom stereocenters. The Bertz CT molecular complexity index is 1210. The number of carbonyl (C=O) groups is 1. The van der Waals surface area contributed by atoms with E-state index in [1.807, 2.05) is 24.3 Å². The maximum Gasteiger partial charge on any atom is 0.264 e. The van der Waals surface area contributed by atoms with Gasteiger partial charge in [-0.1, -0.05) is 23.7 Å². The standard InChI is InChI=1S/C26H30ClN3O4S/c1-4-29(5-2)22-10-6-20(7-11-22)18-28-26(31)19-30(23-12-8-21(27)9-13-23)35(32,33)25-16-14-24(34-3)15-17-25/h6-17H,4-5,18-19H2,1-3H3,(H,28,31).